The summed E-state index contributed by atoms with van der Waals surface area (Å²) < 4.78 is 16.4. The Morgan fingerprint density at radius 3 is 2.72 bits per heavy atom. The van der Waals surface area contributed by atoms with Crippen LogP contribution in [0.1, 0.15) is 5.56 Å². The van der Waals surface area contributed by atoms with Crippen LogP contribution < -0.4 is 19.5 Å². The van der Waals surface area contributed by atoms with Crippen LogP contribution >= 0.6 is 23.2 Å². The average Bonchev–Trinajstić information content (AvgIpc) is 2.62. The number of nitrogens with one attached hydrogen (secondary N) is 1. The van der Waals surface area contributed by atoms with E-state index in [4.69, 9.17) is 37.4 Å². The Morgan fingerprint density at radius 2 is 1.88 bits per heavy atom. The fourth-order valence-electron chi connectivity index (χ4n) is 2.37. The van der Waals surface area contributed by atoms with Gasteiger partial charge in [-0.05, 0) is 36.2 Å². The summed E-state index contributed by atoms with van der Waals surface area (Å²) in [4.78, 5) is 11.9. The van der Waals surface area contributed by atoms with Crippen molar-refractivity contribution in [3.63, 3.8) is 0 Å². The van der Waals surface area contributed by atoms with Crippen LogP contribution in [0, 0.1) is 0 Å². The third kappa shape index (κ3) is 4.94. The molecule has 132 valence electrons. The van der Waals surface area contributed by atoms with Crippen LogP contribution in [-0.4, -0.2) is 32.3 Å². The minimum Gasteiger partial charge on any atom is -0.486 e. The van der Waals surface area contributed by atoms with Gasteiger partial charge in [0.25, 0.3) is 5.91 Å². The third-order valence-corrected chi connectivity index (χ3v) is 4.14. The van der Waals surface area contributed by atoms with Crippen molar-refractivity contribution in [2.45, 2.75) is 6.42 Å². The topological polar surface area (TPSA) is 56.8 Å². The zero-order valence-electron chi connectivity index (χ0n) is 13.4. The predicted molar refractivity (Wildman–Crippen MR) is 96.1 cm³/mol. The van der Waals surface area contributed by atoms with E-state index in [-0.39, 0.29) is 12.5 Å². The third-order valence-electron chi connectivity index (χ3n) is 3.59. The van der Waals surface area contributed by atoms with E-state index in [1.807, 2.05) is 18.2 Å². The second-order valence-corrected chi connectivity index (χ2v) is 6.29. The van der Waals surface area contributed by atoms with Crippen molar-refractivity contribution >= 4 is 29.1 Å². The zero-order chi connectivity index (χ0) is 17.6. The summed E-state index contributed by atoms with van der Waals surface area (Å²) in [5.41, 5.74) is 1.06. The van der Waals surface area contributed by atoms with Crippen LogP contribution in [0.25, 0.3) is 0 Å². The van der Waals surface area contributed by atoms with E-state index in [9.17, 15) is 4.79 Å². The summed E-state index contributed by atoms with van der Waals surface area (Å²) in [6.07, 6.45) is 0.681. The molecular formula is C18H17Cl2NO4. The lowest BCUT2D eigenvalue weighted by Gasteiger charge is -2.18. The van der Waals surface area contributed by atoms with Crippen LogP contribution in [-0.2, 0) is 11.2 Å². The molecule has 0 unspecified atom stereocenters. The van der Waals surface area contributed by atoms with Gasteiger partial charge < -0.3 is 19.5 Å². The van der Waals surface area contributed by atoms with E-state index < -0.39 is 0 Å². The molecule has 0 bridgehead atoms. The highest BCUT2D eigenvalue weighted by molar-refractivity contribution is 6.34. The largest absolute Gasteiger partial charge is 0.486 e. The van der Waals surface area contributed by atoms with E-state index in [0.29, 0.717) is 42.0 Å². The number of fused-ring (bicyclic) bond motifs is 1. The molecule has 0 fully saturated rings. The van der Waals surface area contributed by atoms with E-state index in [2.05, 4.69) is 5.32 Å². The number of rotatable bonds is 6. The predicted octanol–water partition coefficient (Wildman–Crippen LogP) is 3.50. The minimum atomic E-state index is -0.228. The molecule has 0 aromatic heterocycles. The van der Waals surface area contributed by atoms with Crippen LogP contribution in [0.15, 0.2) is 36.4 Å². The monoisotopic (exact) mass is 381 g/mol. The van der Waals surface area contributed by atoms with Crippen molar-refractivity contribution < 1.29 is 19.0 Å². The summed E-state index contributed by atoms with van der Waals surface area (Å²) in [5, 5.41) is 3.71. The lowest BCUT2D eigenvalue weighted by Crippen LogP contribution is -2.30. The van der Waals surface area contributed by atoms with E-state index in [1.165, 1.54) is 0 Å². The summed E-state index contributed by atoms with van der Waals surface area (Å²) in [7, 11) is 0. The number of halogens is 2. The first-order valence-electron chi connectivity index (χ1n) is 7.85. The zero-order valence-corrected chi connectivity index (χ0v) is 14.9. The molecule has 7 heteroatoms. The van der Waals surface area contributed by atoms with Gasteiger partial charge in [0, 0.05) is 17.6 Å². The van der Waals surface area contributed by atoms with Crippen LogP contribution in [0.3, 0.4) is 0 Å². The number of hydrogen-bond acceptors (Lipinski definition) is 4. The summed E-state index contributed by atoms with van der Waals surface area (Å²) in [5.74, 6) is 1.66. The van der Waals surface area contributed by atoms with Crippen molar-refractivity contribution in [2.75, 3.05) is 26.4 Å². The van der Waals surface area contributed by atoms with Gasteiger partial charge >= 0.3 is 0 Å². The molecule has 0 saturated carbocycles. The maximum Gasteiger partial charge on any atom is 0.257 e. The van der Waals surface area contributed by atoms with Crippen molar-refractivity contribution in [1.29, 1.82) is 0 Å². The van der Waals surface area contributed by atoms with Gasteiger partial charge in [0.1, 0.15) is 19.0 Å². The molecule has 1 aliphatic heterocycles. The van der Waals surface area contributed by atoms with Crippen LogP contribution in [0.4, 0.5) is 0 Å². The minimum absolute atomic E-state index is 0.124. The van der Waals surface area contributed by atoms with E-state index >= 15 is 0 Å². The molecule has 1 aliphatic rings. The van der Waals surface area contributed by atoms with Gasteiger partial charge in [-0.2, -0.15) is 0 Å². The fraction of sp³-hybridized carbons (Fsp3) is 0.278. The van der Waals surface area contributed by atoms with Crippen LogP contribution in [0.5, 0.6) is 17.2 Å². The van der Waals surface area contributed by atoms with Crippen molar-refractivity contribution in [3.8, 4) is 17.2 Å². The molecular weight excluding hydrogens is 365 g/mol. The highest BCUT2D eigenvalue weighted by Crippen LogP contribution is 2.30. The smallest absolute Gasteiger partial charge is 0.257 e. The Bertz CT molecular complexity index is 767. The molecule has 25 heavy (non-hydrogen) atoms. The summed E-state index contributed by atoms with van der Waals surface area (Å²) in [6.45, 7) is 1.49. The molecule has 2 aromatic rings. The molecule has 1 amide bonds. The van der Waals surface area contributed by atoms with Crippen molar-refractivity contribution in [3.05, 3.63) is 52.0 Å². The molecule has 0 spiro atoms. The first-order valence-corrected chi connectivity index (χ1v) is 8.60. The van der Waals surface area contributed by atoms with Crippen LogP contribution in [0.2, 0.25) is 10.0 Å². The standard InChI is InChI=1S/C18H17Cl2NO4/c19-13-2-3-14(20)16(10-13)25-11-18(22)21-6-5-12-1-4-15-17(9-12)24-8-7-23-15/h1-4,9-10H,5-8,11H2,(H,21,22). The molecule has 3 rings (SSSR count). The van der Waals surface area contributed by atoms with Gasteiger partial charge in [0.15, 0.2) is 18.1 Å². The Morgan fingerprint density at radius 1 is 1.08 bits per heavy atom. The first kappa shape index (κ1) is 17.7. The van der Waals surface area contributed by atoms with E-state index in [1.54, 1.807) is 18.2 Å². The molecule has 0 atom stereocenters. The Hall–Kier alpha value is -2.11. The number of ether oxygens (including phenoxy) is 3. The molecule has 1 N–H and O–H groups in total. The maximum absolute atomic E-state index is 11.9. The number of hydrogen-bond donors (Lipinski definition) is 1. The quantitative estimate of drug-likeness (QED) is 0.831. The maximum atomic E-state index is 11.9. The van der Waals surface area contributed by atoms with Crippen molar-refractivity contribution in [2.24, 2.45) is 0 Å². The Labute approximate surface area is 155 Å². The number of amides is 1. The van der Waals surface area contributed by atoms with Crippen molar-refractivity contribution in [1.82, 2.24) is 5.32 Å². The average molecular weight is 382 g/mol. The Balaban J connectivity index is 1.44. The van der Waals surface area contributed by atoms with Gasteiger partial charge in [0.2, 0.25) is 0 Å². The second kappa shape index (κ2) is 8.32. The fourth-order valence-corrected chi connectivity index (χ4v) is 2.71. The molecule has 1 heterocycles. The van der Waals surface area contributed by atoms with Gasteiger partial charge in [-0.25, -0.2) is 0 Å². The van der Waals surface area contributed by atoms with Gasteiger partial charge in [-0.3, -0.25) is 4.79 Å². The first-order chi connectivity index (χ1) is 12.1. The number of carbonyl (C=O) groups excluding carboxylic acids is 1. The SMILES string of the molecule is O=C(COc1cc(Cl)ccc1Cl)NCCc1ccc2c(c1)OCCO2. The van der Waals surface area contributed by atoms with E-state index in [0.717, 1.165) is 17.1 Å². The second-order valence-electron chi connectivity index (χ2n) is 5.44. The Kier molecular flexibility index (Phi) is 5.89. The highest BCUT2D eigenvalue weighted by Gasteiger charge is 2.12. The summed E-state index contributed by atoms with van der Waals surface area (Å²) >= 11 is 11.9. The molecule has 0 aliphatic carbocycles. The molecule has 5 nitrogen and oxygen atoms in total. The highest BCUT2D eigenvalue weighted by atomic mass is 35.5. The molecule has 0 radical (unpaired) electrons. The van der Waals surface area contributed by atoms with Gasteiger partial charge in [0.05, 0.1) is 5.02 Å². The van der Waals surface area contributed by atoms with Gasteiger partial charge in [-0.1, -0.05) is 29.3 Å². The normalized spacial score (nSPS) is 12.6. The molecule has 0 saturated heterocycles. The lowest BCUT2D eigenvalue weighted by molar-refractivity contribution is -0.123. The lowest BCUT2D eigenvalue weighted by atomic mass is 10.1. The molecule has 2 aromatic carbocycles. The number of benzene rings is 2. The summed E-state index contributed by atoms with van der Waals surface area (Å²) in [6, 6.07) is 10.6. The van der Waals surface area contributed by atoms with Gasteiger partial charge in [-0.15, -0.1) is 0 Å². The number of carbonyl (C=O) groups is 1.